The third kappa shape index (κ3) is 1.83. The fraction of sp³-hybridized carbons (Fsp3) is 0.846. The first-order chi connectivity index (χ1) is 8.06. The van der Waals surface area contributed by atoms with E-state index in [-0.39, 0.29) is 23.8 Å². The van der Waals surface area contributed by atoms with Gasteiger partial charge in [0.2, 0.25) is 11.8 Å². The van der Waals surface area contributed by atoms with E-state index in [4.69, 9.17) is 0 Å². The molecular formula is C13H20N2O2. The molecule has 2 amide bonds. The maximum absolute atomic E-state index is 12.3. The van der Waals surface area contributed by atoms with E-state index in [1.54, 1.807) is 0 Å². The SMILES string of the molecule is CC(C)N1CC(C(=O)N2CC3CC3C2)CC1=O. The van der Waals surface area contributed by atoms with Gasteiger partial charge in [-0.15, -0.1) is 0 Å². The van der Waals surface area contributed by atoms with Gasteiger partial charge in [-0.05, 0) is 32.1 Å². The lowest BCUT2D eigenvalue weighted by molar-refractivity contribution is -0.135. The van der Waals surface area contributed by atoms with Crippen LogP contribution in [-0.2, 0) is 9.59 Å². The monoisotopic (exact) mass is 236 g/mol. The van der Waals surface area contributed by atoms with Crippen molar-refractivity contribution < 1.29 is 9.59 Å². The van der Waals surface area contributed by atoms with Crippen LogP contribution in [-0.4, -0.2) is 47.3 Å². The summed E-state index contributed by atoms with van der Waals surface area (Å²) in [4.78, 5) is 27.9. The molecule has 0 bridgehead atoms. The largest absolute Gasteiger partial charge is 0.342 e. The number of hydrogen-bond donors (Lipinski definition) is 0. The molecule has 2 aliphatic heterocycles. The number of carbonyl (C=O) groups is 2. The first kappa shape index (κ1) is 11.1. The first-order valence-electron chi connectivity index (χ1n) is 6.64. The Morgan fingerprint density at radius 1 is 1.24 bits per heavy atom. The predicted molar refractivity (Wildman–Crippen MR) is 63.1 cm³/mol. The fourth-order valence-electron chi connectivity index (χ4n) is 3.23. The Morgan fingerprint density at radius 2 is 1.88 bits per heavy atom. The molecule has 17 heavy (non-hydrogen) atoms. The molecule has 4 nitrogen and oxygen atoms in total. The minimum absolute atomic E-state index is 0.0811. The molecule has 3 aliphatic rings. The normalized spacial score (nSPS) is 35.7. The van der Waals surface area contributed by atoms with Gasteiger partial charge in [0.15, 0.2) is 0 Å². The van der Waals surface area contributed by atoms with Crippen molar-refractivity contribution >= 4 is 11.8 Å². The summed E-state index contributed by atoms with van der Waals surface area (Å²) in [6.07, 6.45) is 1.73. The summed E-state index contributed by atoms with van der Waals surface area (Å²) >= 11 is 0. The first-order valence-corrected chi connectivity index (χ1v) is 6.64. The number of carbonyl (C=O) groups excluding carboxylic acids is 2. The summed E-state index contributed by atoms with van der Waals surface area (Å²) in [6.45, 7) is 6.53. The quantitative estimate of drug-likeness (QED) is 0.709. The van der Waals surface area contributed by atoms with Crippen LogP contribution in [0.4, 0.5) is 0 Å². The van der Waals surface area contributed by atoms with Gasteiger partial charge in [-0.2, -0.15) is 0 Å². The lowest BCUT2D eigenvalue weighted by atomic mass is 10.1. The molecular weight excluding hydrogens is 216 g/mol. The maximum Gasteiger partial charge on any atom is 0.228 e. The smallest absolute Gasteiger partial charge is 0.228 e. The van der Waals surface area contributed by atoms with Crippen LogP contribution in [0.25, 0.3) is 0 Å². The van der Waals surface area contributed by atoms with Crippen LogP contribution in [0.2, 0.25) is 0 Å². The molecule has 3 fully saturated rings. The van der Waals surface area contributed by atoms with E-state index in [9.17, 15) is 9.59 Å². The van der Waals surface area contributed by atoms with Gasteiger partial charge in [0.05, 0.1) is 5.92 Å². The number of hydrogen-bond acceptors (Lipinski definition) is 2. The van der Waals surface area contributed by atoms with Crippen LogP contribution in [0, 0.1) is 17.8 Å². The van der Waals surface area contributed by atoms with E-state index in [2.05, 4.69) is 0 Å². The second kappa shape index (κ2) is 3.72. The highest BCUT2D eigenvalue weighted by atomic mass is 16.2. The number of nitrogens with zero attached hydrogens (tertiary/aromatic N) is 2. The molecule has 0 aromatic rings. The Hall–Kier alpha value is -1.06. The average molecular weight is 236 g/mol. The zero-order chi connectivity index (χ0) is 12.2. The Kier molecular flexibility index (Phi) is 2.42. The fourth-order valence-corrected chi connectivity index (χ4v) is 3.23. The molecule has 3 unspecified atom stereocenters. The van der Waals surface area contributed by atoms with E-state index in [1.807, 2.05) is 23.6 Å². The second-order valence-electron chi connectivity index (χ2n) is 6.04. The van der Waals surface area contributed by atoms with Crippen molar-refractivity contribution in [3.05, 3.63) is 0 Å². The van der Waals surface area contributed by atoms with Crippen molar-refractivity contribution in [2.75, 3.05) is 19.6 Å². The van der Waals surface area contributed by atoms with Gasteiger partial charge in [-0.1, -0.05) is 0 Å². The Balaban J connectivity index is 1.62. The summed E-state index contributed by atoms with van der Waals surface area (Å²) in [5, 5.41) is 0. The van der Waals surface area contributed by atoms with Gasteiger partial charge < -0.3 is 9.80 Å². The van der Waals surface area contributed by atoms with Crippen LogP contribution in [0.15, 0.2) is 0 Å². The van der Waals surface area contributed by atoms with Crippen molar-refractivity contribution in [1.82, 2.24) is 9.80 Å². The summed E-state index contributed by atoms with van der Waals surface area (Å²) in [7, 11) is 0. The third-order valence-electron chi connectivity index (χ3n) is 4.42. The lowest BCUT2D eigenvalue weighted by Crippen LogP contribution is -2.38. The molecule has 94 valence electrons. The summed E-state index contributed by atoms with van der Waals surface area (Å²) in [5.41, 5.74) is 0. The van der Waals surface area contributed by atoms with Crippen LogP contribution >= 0.6 is 0 Å². The lowest BCUT2D eigenvalue weighted by Gasteiger charge is -2.23. The molecule has 2 heterocycles. The minimum atomic E-state index is -0.0811. The van der Waals surface area contributed by atoms with Gasteiger partial charge in [0.1, 0.15) is 0 Å². The highest BCUT2D eigenvalue weighted by Crippen LogP contribution is 2.45. The second-order valence-corrected chi connectivity index (χ2v) is 6.04. The highest BCUT2D eigenvalue weighted by molar-refractivity contribution is 5.89. The third-order valence-corrected chi connectivity index (χ3v) is 4.42. The number of rotatable bonds is 2. The van der Waals surface area contributed by atoms with E-state index >= 15 is 0 Å². The van der Waals surface area contributed by atoms with Crippen molar-refractivity contribution in [2.24, 2.45) is 17.8 Å². The molecule has 1 aliphatic carbocycles. The van der Waals surface area contributed by atoms with Gasteiger partial charge >= 0.3 is 0 Å². The number of fused-ring (bicyclic) bond motifs is 1. The topological polar surface area (TPSA) is 40.6 Å². The van der Waals surface area contributed by atoms with E-state index < -0.39 is 0 Å². The number of amides is 2. The number of likely N-dealkylation sites (tertiary alicyclic amines) is 2. The zero-order valence-electron chi connectivity index (χ0n) is 10.6. The maximum atomic E-state index is 12.3. The van der Waals surface area contributed by atoms with Gasteiger partial charge in [0.25, 0.3) is 0 Å². The van der Waals surface area contributed by atoms with Crippen LogP contribution < -0.4 is 0 Å². The summed E-state index contributed by atoms with van der Waals surface area (Å²) in [6, 6.07) is 0.215. The van der Waals surface area contributed by atoms with E-state index in [0.29, 0.717) is 13.0 Å². The van der Waals surface area contributed by atoms with Gasteiger partial charge in [-0.25, -0.2) is 0 Å². The molecule has 0 aromatic heterocycles. The van der Waals surface area contributed by atoms with Crippen molar-refractivity contribution in [3.63, 3.8) is 0 Å². The average Bonchev–Trinajstić information content (AvgIpc) is 2.74. The van der Waals surface area contributed by atoms with Crippen molar-refractivity contribution in [1.29, 1.82) is 0 Å². The van der Waals surface area contributed by atoms with Gasteiger partial charge in [0, 0.05) is 32.1 Å². The van der Waals surface area contributed by atoms with Crippen LogP contribution in [0.5, 0.6) is 0 Å². The number of piperidine rings is 1. The predicted octanol–water partition coefficient (Wildman–Crippen LogP) is 0.722. The van der Waals surface area contributed by atoms with Crippen molar-refractivity contribution in [3.8, 4) is 0 Å². The molecule has 4 heteroatoms. The zero-order valence-corrected chi connectivity index (χ0v) is 10.6. The minimum Gasteiger partial charge on any atom is -0.342 e. The van der Waals surface area contributed by atoms with Gasteiger partial charge in [-0.3, -0.25) is 9.59 Å². The summed E-state index contributed by atoms with van der Waals surface area (Å²) < 4.78 is 0. The molecule has 0 spiro atoms. The Bertz CT molecular complexity index is 356. The molecule has 2 saturated heterocycles. The molecule has 0 N–H and O–H groups in total. The van der Waals surface area contributed by atoms with E-state index in [0.717, 1.165) is 24.9 Å². The molecule has 0 radical (unpaired) electrons. The molecule has 3 rings (SSSR count). The summed E-state index contributed by atoms with van der Waals surface area (Å²) in [5.74, 6) is 1.83. The van der Waals surface area contributed by atoms with Crippen molar-refractivity contribution in [2.45, 2.75) is 32.7 Å². The van der Waals surface area contributed by atoms with Crippen LogP contribution in [0.1, 0.15) is 26.7 Å². The van der Waals surface area contributed by atoms with E-state index in [1.165, 1.54) is 6.42 Å². The Morgan fingerprint density at radius 3 is 2.41 bits per heavy atom. The molecule has 0 aromatic carbocycles. The molecule has 1 saturated carbocycles. The standard InChI is InChI=1S/C13H20N2O2/c1-8(2)15-7-11(4-12(15)16)13(17)14-5-9-3-10(9)6-14/h8-11H,3-7H2,1-2H3. The highest BCUT2D eigenvalue weighted by Gasteiger charge is 2.48. The Labute approximate surface area is 102 Å². The van der Waals surface area contributed by atoms with Crippen LogP contribution in [0.3, 0.4) is 0 Å². The molecule has 3 atom stereocenters.